The quantitative estimate of drug-likeness (QED) is 0.184. The molecule has 12 heteroatoms. The van der Waals surface area contributed by atoms with Gasteiger partial charge < -0.3 is 30.9 Å². The van der Waals surface area contributed by atoms with Crippen molar-refractivity contribution in [3.63, 3.8) is 0 Å². The number of piperidine rings is 1. The van der Waals surface area contributed by atoms with Crippen LogP contribution in [0, 0.1) is 30.1 Å². The van der Waals surface area contributed by atoms with Crippen molar-refractivity contribution >= 4 is 35.5 Å². The molecule has 1 heterocycles. The largest absolute Gasteiger partial charge is 0.444 e. The highest BCUT2D eigenvalue weighted by Crippen LogP contribution is 2.65. The Bertz CT molecular complexity index is 1430. The zero-order valence-electron chi connectivity index (χ0n) is 29.7. The lowest BCUT2D eigenvalue weighted by atomic mass is 9.83. The van der Waals surface area contributed by atoms with E-state index in [0.29, 0.717) is 6.54 Å². The molecule has 268 valence electrons. The van der Waals surface area contributed by atoms with Crippen LogP contribution in [-0.4, -0.2) is 77.2 Å². The molecule has 1 aromatic carbocycles. The van der Waals surface area contributed by atoms with Crippen molar-refractivity contribution in [3.8, 4) is 0 Å². The number of nitrogens with one attached hydrogen (secondary N) is 4. The molecule has 4 N–H and O–H groups in total. The van der Waals surface area contributed by atoms with Crippen LogP contribution in [-0.2, 0) is 35.3 Å². The van der Waals surface area contributed by atoms with Gasteiger partial charge in [-0.25, -0.2) is 4.79 Å². The Balaban J connectivity index is 1.43. The number of rotatable bonds is 13. The highest BCUT2D eigenvalue weighted by Gasteiger charge is 2.69. The Morgan fingerprint density at radius 1 is 1.00 bits per heavy atom. The maximum Gasteiger partial charge on any atom is 0.408 e. The summed E-state index contributed by atoms with van der Waals surface area (Å²) in [6.45, 7) is 15.2. The normalized spacial score (nSPS) is 22.5. The van der Waals surface area contributed by atoms with E-state index in [9.17, 15) is 28.8 Å². The third-order valence-corrected chi connectivity index (χ3v) is 10.1. The number of ether oxygens (including phenoxy) is 1. The lowest BCUT2D eigenvalue weighted by Gasteiger charge is -2.37. The smallest absolute Gasteiger partial charge is 0.408 e. The molecule has 3 aliphatic rings. The second-order valence-electron chi connectivity index (χ2n) is 15.3. The van der Waals surface area contributed by atoms with Crippen LogP contribution >= 0.6 is 0 Å². The number of aryl methyl sites for hydroxylation is 1. The van der Waals surface area contributed by atoms with Gasteiger partial charge >= 0.3 is 6.09 Å². The van der Waals surface area contributed by atoms with Gasteiger partial charge in [0.05, 0.1) is 6.54 Å². The summed E-state index contributed by atoms with van der Waals surface area (Å²) in [4.78, 5) is 81.2. The molecule has 0 bridgehead atoms. The molecule has 2 aliphatic carbocycles. The second kappa shape index (κ2) is 15.6. The minimum atomic E-state index is -1.24. The van der Waals surface area contributed by atoms with Crippen LogP contribution in [0.3, 0.4) is 0 Å². The minimum absolute atomic E-state index is 0.0271. The number of hydrogen-bond acceptors (Lipinski definition) is 7. The monoisotopic (exact) mass is 679 g/mol. The molecule has 1 aliphatic heterocycles. The molecule has 5 amide bonds. The number of carbonyl (C=O) groups is 6. The van der Waals surface area contributed by atoms with Crippen molar-refractivity contribution in [2.75, 3.05) is 13.1 Å². The lowest BCUT2D eigenvalue weighted by Crippen LogP contribution is -2.60. The molecule has 2 saturated carbocycles. The van der Waals surface area contributed by atoms with Gasteiger partial charge in [-0.2, -0.15) is 0 Å². The third-order valence-electron chi connectivity index (χ3n) is 10.1. The van der Waals surface area contributed by atoms with Gasteiger partial charge in [-0.05, 0) is 75.7 Å². The summed E-state index contributed by atoms with van der Waals surface area (Å²) >= 11 is 0. The van der Waals surface area contributed by atoms with Crippen LogP contribution in [0.5, 0.6) is 0 Å². The van der Waals surface area contributed by atoms with Crippen molar-refractivity contribution < 1.29 is 33.5 Å². The second-order valence-corrected chi connectivity index (χ2v) is 15.3. The Kier molecular flexibility index (Phi) is 11.9. The average molecular weight is 680 g/mol. The number of nitrogens with zero attached hydrogens (tertiary/aromatic N) is 1. The zero-order valence-corrected chi connectivity index (χ0v) is 29.7. The Morgan fingerprint density at radius 3 is 2.27 bits per heavy atom. The maximum atomic E-state index is 14.3. The molecule has 4 rings (SSSR count). The summed E-state index contributed by atoms with van der Waals surface area (Å²) in [5.74, 6) is -3.49. The fourth-order valence-electron chi connectivity index (χ4n) is 7.31. The SMILES string of the molecule is C=CC[C@H](NC(=O)[C@@H]1[C@@H]2[C@H](CN1C(=O)[C@@H](NC(=O)OC(C)(C)C)C1CCCCC1)C2(C)C)C(=O)C(=O)NCC(=O)NCc1ccc(C)cc1. The zero-order chi connectivity index (χ0) is 36.1. The van der Waals surface area contributed by atoms with Crippen LogP contribution in [0.15, 0.2) is 36.9 Å². The maximum absolute atomic E-state index is 14.3. The van der Waals surface area contributed by atoms with Crippen molar-refractivity contribution in [1.29, 1.82) is 0 Å². The van der Waals surface area contributed by atoms with E-state index < -0.39 is 59.9 Å². The Morgan fingerprint density at radius 2 is 1.65 bits per heavy atom. The number of alkyl carbamates (subject to hydrolysis) is 1. The van der Waals surface area contributed by atoms with Crippen LogP contribution < -0.4 is 21.3 Å². The van der Waals surface area contributed by atoms with Gasteiger partial charge in [-0.1, -0.05) is 69.0 Å². The number of amides is 5. The minimum Gasteiger partial charge on any atom is -0.444 e. The summed E-state index contributed by atoms with van der Waals surface area (Å²) in [7, 11) is 0. The molecule has 5 atom stereocenters. The topological polar surface area (TPSA) is 163 Å². The molecule has 12 nitrogen and oxygen atoms in total. The first-order chi connectivity index (χ1) is 23.0. The van der Waals surface area contributed by atoms with E-state index in [1.807, 2.05) is 45.0 Å². The van der Waals surface area contributed by atoms with Crippen molar-refractivity contribution in [1.82, 2.24) is 26.2 Å². The van der Waals surface area contributed by atoms with Crippen LogP contribution in [0.4, 0.5) is 4.79 Å². The van der Waals surface area contributed by atoms with E-state index in [2.05, 4.69) is 27.8 Å². The van der Waals surface area contributed by atoms with Gasteiger partial charge in [-0.15, -0.1) is 6.58 Å². The van der Waals surface area contributed by atoms with Crippen molar-refractivity contribution in [2.45, 2.75) is 110 Å². The van der Waals surface area contributed by atoms with Gasteiger partial charge in [0.2, 0.25) is 23.5 Å². The Hall–Kier alpha value is -4.22. The van der Waals surface area contributed by atoms with Gasteiger partial charge in [-0.3, -0.25) is 24.0 Å². The number of ketones is 1. The molecular formula is C37H53N5O7. The van der Waals surface area contributed by atoms with E-state index in [0.717, 1.165) is 43.2 Å². The molecule has 49 heavy (non-hydrogen) atoms. The summed E-state index contributed by atoms with van der Waals surface area (Å²) < 4.78 is 5.50. The average Bonchev–Trinajstić information content (AvgIpc) is 3.35. The van der Waals surface area contributed by atoms with E-state index in [1.54, 1.807) is 25.7 Å². The Labute approximate surface area is 289 Å². The third kappa shape index (κ3) is 9.48. The molecular weight excluding hydrogens is 626 g/mol. The number of hydrogen-bond donors (Lipinski definition) is 4. The van der Waals surface area contributed by atoms with Gasteiger partial charge in [0.1, 0.15) is 23.7 Å². The fourth-order valence-corrected chi connectivity index (χ4v) is 7.31. The number of carbonyl (C=O) groups excluding carboxylic acids is 6. The van der Waals surface area contributed by atoms with Crippen molar-refractivity contribution in [2.24, 2.45) is 23.2 Å². The first kappa shape index (κ1) is 37.6. The lowest BCUT2D eigenvalue weighted by molar-refractivity contribution is -0.145. The van der Waals surface area contributed by atoms with E-state index in [-0.39, 0.29) is 42.0 Å². The summed E-state index contributed by atoms with van der Waals surface area (Å²) in [5, 5.41) is 10.6. The van der Waals surface area contributed by atoms with Crippen molar-refractivity contribution in [3.05, 3.63) is 48.0 Å². The van der Waals surface area contributed by atoms with Gasteiger partial charge in [0.25, 0.3) is 5.91 Å². The summed E-state index contributed by atoms with van der Waals surface area (Å²) in [6, 6.07) is 4.63. The fraction of sp³-hybridized carbons (Fsp3) is 0.622. The van der Waals surface area contributed by atoms with E-state index in [4.69, 9.17) is 4.74 Å². The van der Waals surface area contributed by atoms with Gasteiger partial charge in [0.15, 0.2) is 0 Å². The first-order valence-electron chi connectivity index (χ1n) is 17.4. The number of likely N-dealkylation sites (tertiary alicyclic amines) is 1. The van der Waals surface area contributed by atoms with Crippen LogP contribution in [0.1, 0.15) is 84.3 Å². The molecule has 0 unspecified atom stereocenters. The summed E-state index contributed by atoms with van der Waals surface area (Å²) in [6.07, 6.45) is 5.18. The molecule has 0 aromatic heterocycles. The molecule has 1 aromatic rings. The highest BCUT2D eigenvalue weighted by atomic mass is 16.6. The number of fused-ring (bicyclic) bond motifs is 1. The first-order valence-corrected chi connectivity index (χ1v) is 17.4. The molecule has 0 radical (unpaired) electrons. The predicted molar refractivity (Wildman–Crippen MR) is 184 cm³/mol. The van der Waals surface area contributed by atoms with E-state index >= 15 is 0 Å². The number of benzene rings is 1. The molecule has 0 spiro atoms. The highest BCUT2D eigenvalue weighted by molar-refractivity contribution is 6.38. The molecule has 3 fully saturated rings. The molecule has 1 saturated heterocycles. The number of Topliss-reactive ketones (excluding diaryl/α,β-unsaturated/α-hetero) is 1. The standard InChI is InChI=1S/C37H53N5O7/c1-8-12-26(31(44)33(46)39-20-27(43)38-19-23-17-15-22(2)16-18-23)40-32(45)30-28-25(37(28,6)7)21-42(30)34(47)29(24-13-10-9-11-14-24)41-35(48)49-36(3,4)5/h8,15-18,24-26,28-30H,1,9-14,19-21H2,2-7H3,(H,38,43)(H,39,46)(H,40,45)(H,41,48)/t25-,26-,28-,29-,30-/m0/s1. The van der Waals surface area contributed by atoms with E-state index in [1.165, 1.54) is 6.08 Å². The van der Waals surface area contributed by atoms with Crippen LogP contribution in [0.2, 0.25) is 0 Å². The summed E-state index contributed by atoms with van der Waals surface area (Å²) in [5.41, 5.74) is 1.02. The predicted octanol–water partition coefficient (Wildman–Crippen LogP) is 3.31. The van der Waals surface area contributed by atoms with Gasteiger partial charge in [0, 0.05) is 13.1 Å². The van der Waals surface area contributed by atoms with Crippen LogP contribution in [0.25, 0.3) is 0 Å².